The Morgan fingerprint density at radius 3 is 2.67 bits per heavy atom. The number of H-pyrrole nitrogens is 1. The van der Waals surface area contributed by atoms with Gasteiger partial charge in [0.05, 0.1) is 5.52 Å². The average Bonchev–Trinajstić information content (AvgIpc) is 2.59. The quantitative estimate of drug-likeness (QED) is 0.764. The summed E-state index contributed by atoms with van der Waals surface area (Å²) in [7, 11) is 0. The highest BCUT2D eigenvalue weighted by atomic mass is 35.5. The summed E-state index contributed by atoms with van der Waals surface area (Å²) in [5.41, 5.74) is 2.41. The lowest BCUT2D eigenvalue weighted by Gasteiger charge is -2.08. The molecule has 24 heavy (non-hydrogen) atoms. The smallest absolute Gasteiger partial charge is 0.256 e. The second-order valence-electron chi connectivity index (χ2n) is 5.62. The number of pyridine rings is 1. The van der Waals surface area contributed by atoms with Crippen molar-refractivity contribution in [2.24, 2.45) is 0 Å². The maximum Gasteiger partial charge on any atom is 0.256 e. The van der Waals surface area contributed by atoms with E-state index in [-0.39, 0.29) is 16.9 Å². The standard InChI is InChI=1S/C19H17ClN2O2/c1-12-16(20)8-7-14-17(12)22-11-15(18(14)23)19(24)21-10-9-13-5-3-2-4-6-13/h2-8,11H,9-10H2,1H3,(H,21,24)(H,22,23). The lowest BCUT2D eigenvalue weighted by molar-refractivity contribution is 0.0953. The first kappa shape index (κ1) is 16.3. The van der Waals surface area contributed by atoms with Crippen molar-refractivity contribution >= 4 is 28.4 Å². The third-order valence-electron chi connectivity index (χ3n) is 4.04. The van der Waals surface area contributed by atoms with Crippen LogP contribution in [0.25, 0.3) is 10.9 Å². The zero-order chi connectivity index (χ0) is 17.1. The number of halogens is 1. The summed E-state index contributed by atoms with van der Waals surface area (Å²) in [5.74, 6) is -0.373. The molecule has 0 radical (unpaired) electrons. The predicted molar refractivity (Wildman–Crippen MR) is 96.8 cm³/mol. The summed E-state index contributed by atoms with van der Waals surface area (Å²) >= 11 is 6.07. The van der Waals surface area contributed by atoms with Gasteiger partial charge in [-0.2, -0.15) is 0 Å². The van der Waals surface area contributed by atoms with Crippen LogP contribution in [0.2, 0.25) is 5.02 Å². The van der Waals surface area contributed by atoms with Crippen LogP contribution in [0.15, 0.2) is 53.5 Å². The first-order valence-electron chi connectivity index (χ1n) is 7.70. The van der Waals surface area contributed by atoms with Gasteiger partial charge >= 0.3 is 0 Å². The summed E-state index contributed by atoms with van der Waals surface area (Å²) in [6, 6.07) is 13.2. The monoisotopic (exact) mass is 340 g/mol. The Bertz CT molecular complexity index is 949. The number of amides is 1. The zero-order valence-corrected chi connectivity index (χ0v) is 14.0. The summed E-state index contributed by atoms with van der Waals surface area (Å²) < 4.78 is 0. The van der Waals surface area contributed by atoms with Crippen molar-refractivity contribution in [1.29, 1.82) is 0 Å². The van der Waals surface area contributed by atoms with E-state index in [0.717, 1.165) is 11.1 Å². The first-order chi connectivity index (χ1) is 11.6. The number of nitrogens with one attached hydrogen (secondary N) is 2. The number of benzene rings is 2. The number of hydrogen-bond donors (Lipinski definition) is 2. The predicted octanol–water partition coefficient (Wildman–Crippen LogP) is 3.46. The van der Waals surface area contributed by atoms with E-state index < -0.39 is 0 Å². The van der Waals surface area contributed by atoms with Crippen LogP contribution in [0, 0.1) is 6.92 Å². The van der Waals surface area contributed by atoms with Gasteiger partial charge in [0.2, 0.25) is 5.43 Å². The van der Waals surface area contributed by atoms with Crippen LogP contribution in [0.5, 0.6) is 0 Å². The minimum atomic E-state index is -0.373. The molecular weight excluding hydrogens is 324 g/mol. The van der Waals surface area contributed by atoms with Crippen molar-refractivity contribution in [3.05, 3.63) is 80.6 Å². The zero-order valence-electron chi connectivity index (χ0n) is 13.2. The molecule has 1 heterocycles. The lowest BCUT2D eigenvalue weighted by Crippen LogP contribution is -2.30. The Kier molecular flexibility index (Phi) is 4.67. The molecule has 3 aromatic rings. The minimum Gasteiger partial charge on any atom is -0.360 e. The van der Waals surface area contributed by atoms with E-state index >= 15 is 0 Å². The number of carbonyl (C=O) groups excluding carboxylic acids is 1. The molecule has 4 nitrogen and oxygen atoms in total. The largest absolute Gasteiger partial charge is 0.360 e. The van der Waals surface area contributed by atoms with E-state index in [1.54, 1.807) is 12.1 Å². The van der Waals surface area contributed by atoms with Crippen LogP contribution in [0.3, 0.4) is 0 Å². The van der Waals surface area contributed by atoms with Crippen molar-refractivity contribution in [2.75, 3.05) is 6.54 Å². The first-order valence-corrected chi connectivity index (χ1v) is 8.08. The summed E-state index contributed by atoms with van der Waals surface area (Å²) in [6.45, 7) is 2.31. The number of aromatic amines is 1. The fourth-order valence-corrected chi connectivity index (χ4v) is 2.80. The van der Waals surface area contributed by atoms with Crippen molar-refractivity contribution in [1.82, 2.24) is 10.3 Å². The van der Waals surface area contributed by atoms with E-state index in [2.05, 4.69) is 10.3 Å². The number of carbonyl (C=O) groups is 1. The van der Waals surface area contributed by atoms with Gasteiger partial charge in [0.1, 0.15) is 5.56 Å². The fraction of sp³-hybridized carbons (Fsp3) is 0.158. The molecule has 0 aliphatic rings. The van der Waals surface area contributed by atoms with Crippen LogP contribution in [0.1, 0.15) is 21.5 Å². The van der Waals surface area contributed by atoms with Gasteiger partial charge in [0.25, 0.3) is 5.91 Å². The van der Waals surface area contributed by atoms with E-state index in [9.17, 15) is 9.59 Å². The average molecular weight is 341 g/mol. The molecule has 0 saturated carbocycles. The molecule has 122 valence electrons. The van der Waals surface area contributed by atoms with E-state index in [0.29, 0.717) is 28.9 Å². The molecule has 0 spiro atoms. The molecule has 1 aromatic heterocycles. The van der Waals surface area contributed by atoms with Gasteiger partial charge in [-0.3, -0.25) is 9.59 Å². The molecule has 3 rings (SSSR count). The van der Waals surface area contributed by atoms with Crippen molar-refractivity contribution in [2.45, 2.75) is 13.3 Å². The summed E-state index contributed by atoms with van der Waals surface area (Å²) in [6.07, 6.45) is 2.17. The molecule has 0 unspecified atom stereocenters. The third-order valence-corrected chi connectivity index (χ3v) is 4.45. The number of aryl methyl sites for hydroxylation is 1. The molecule has 1 amide bonds. The Morgan fingerprint density at radius 1 is 1.17 bits per heavy atom. The normalized spacial score (nSPS) is 10.8. The lowest BCUT2D eigenvalue weighted by atomic mass is 10.1. The van der Waals surface area contributed by atoms with Gasteiger partial charge in [-0.25, -0.2) is 0 Å². The SMILES string of the molecule is Cc1c(Cl)ccc2c(=O)c(C(=O)NCCc3ccccc3)c[nH]c12. The Labute approximate surface area is 144 Å². The Balaban J connectivity index is 1.79. The van der Waals surface area contributed by atoms with E-state index in [4.69, 9.17) is 11.6 Å². The van der Waals surface area contributed by atoms with E-state index in [1.165, 1.54) is 6.20 Å². The highest BCUT2D eigenvalue weighted by Crippen LogP contribution is 2.21. The van der Waals surface area contributed by atoms with Gasteiger partial charge in [-0.05, 0) is 36.6 Å². The Hall–Kier alpha value is -2.59. The molecular formula is C19H17ClN2O2. The number of hydrogen-bond acceptors (Lipinski definition) is 2. The molecule has 0 aliphatic heterocycles. The van der Waals surface area contributed by atoms with Crippen molar-refractivity contribution in [3.8, 4) is 0 Å². The van der Waals surface area contributed by atoms with Crippen LogP contribution in [0.4, 0.5) is 0 Å². The molecule has 0 aliphatic carbocycles. The number of rotatable bonds is 4. The maximum absolute atomic E-state index is 12.5. The molecule has 2 aromatic carbocycles. The highest BCUT2D eigenvalue weighted by molar-refractivity contribution is 6.32. The van der Waals surface area contributed by atoms with Crippen LogP contribution in [-0.2, 0) is 6.42 Å². The topological polar surface area (TPSA) is 62.0 Å². The summed E-state index contributed by atoms with van der Waals surface area (Å²) in [5, 5.41) is 3.84. The van der Waals surface area contributed by atoms with Gasteiger partial charge in [-0.15, -0.1) is 0 Å². The second-order valence-corrected chi connectivity index (χ2v) is 6.03. The Morgan fingerprint density at radius 2 is 1.92 bits per heavy atom. The maximum atomic E-state index is 12.5. The minimum absolute atomic E-state index is 0.109. The third kappa shape index (κ3) is 3.19. The van der Waals surface area contributed by atoms with Gasteiger partial charge < -0.3 is 10.3 Å². The molecule has 0 saturated heterocycles. The molecule has 2 N–H and O–H groups in total. The van der Waals surface area contributed by atoms with Gasteiger partial charge in [0.15, 0.2) is 0 Å². The molecule has 0 atom stereocenters. The molecule has 0 bridgehead atoms. The van der Waals surface area contributed by atoms with E-state index in [1.807, 2.05) is 37.3 Å². The van der Waals surface area contributed by atoms with Gasteiger partial charge in [-0.1, -0.05) is 41.9 Å². The van der Waals surface area contributed by atoms with Crippen LogP contribution >= 0.6 is 11.6 Å². The van der Waals surface area contributed by atoms with Crippen molar-refractivity contribution in [3.63, 3.8) is 0 Å². The number of aromatic nitrogens is 1. The molecule has 5 heteroatoms. The van der Waals surface area contributed by atoms with Crippen LogP contribution < -0.4 is 10.7 Å². The molecule has 0 fully saturated rings. The number of fused-ring (bicyclic) bond motifs is 1. The van der Waals surface area contributed by atoms with Crippen molar-refractivity contribution < 1.29 is 4.79 Å². The van der Waals surface area contributed by atoms with Gasteiger partial charge in [0, 0.05) is 23.2 Å². The fourth-order valence-electron chi connectivity index (χ4n) is 2.65. The van der Waals surface area contributed by atoms with Crippen LogP contribution in [-0.4, -0.2) is 17.4 Å². The highest BCUT2D eigenvalue weighted by Gasteiger charge is 2.14. The summed E-state index contributed by atoms with van der Waals surface area (Å²) in [4.78, 5) is 27.8. The second kappa shape index (κ2) is 6.89.